The Labute approximate surface area is 937 Å². The van der Waals surface area contributed by atoms with Crippen molar-refractivity contribution in [3.63, 3.8) is 0 Å². The standard InChI is InChI=1S/10C6H6.8C2H6.12CH3.12Y/c10*1-2-4-6-5-3-1;8*1-2;;;;;;;;;;;;;;;;;;;;;;;;/h10*1-6H;8*1-2H3;12*1H3;;;;;;;;;;;;/q;;;;;;;;;;;;;;;;;;12*-1;;;;;;;;;;;;. The van der Waals surface area contributed by atoms with Crippen LogP contribution < -0.4 is 0 Å². The minimum atomic E-state index is 0. The summed E-state index contributed by atoms with van der Waals surface area (Å²) in [5, 5.41) is 0. The normalized spacial score (nSPS) is 5.28. The summed E-state index contributed by atoms with van der Waals surface area (Å²) in [5.74, 6) is 0. The predicted octanol–water partition coefficient (Wildman–Crippen LogP) is 30.4. The quantitative estimate of drug-likeness (QED) is 0.133. The summed E-state index contributed by atoms with van der Waals surface area (Å²) in [5.41, 5.74) is 0. The third-order valence-corrected chi connectivity index (χ3v) is 6.67. The smallest absolute Gasteiger partial charge is 0 e. The van der Waals surface area contributed by atoms with Crippen LogP contribution in [0.25, 0.3) is 0 Å². The molecule has 0 aliphatic carbocycles. The van der Waals surface area contributed by atoms with Crippen LogP contribution >= 0.6 is 0 Å². The molecule has 0 unspecified atom stereocenters. The number of benzene rings is 10. The molecule has 0 nitrogen and oxygen atoms in total. The Morgan fingerprint density at radius 2 is 0.0700 bits per heavy atom. The van der Waals surface area contributed by atoms with Crippen molar-refractivity contribution < 1.29 is 393 Å². The number of hydrogen-bond donors (Lipinski definition) is 0. The first kappa shape index (κ1) is 213. The first-order valence-corrected chi connectivity index (χ1v) is 28.0. The van der Waals surface area contributed by atoms with E-state index in [4.69, 9.17) is 0 Å². The zero-order chi connectivity index (χ0) is 58.4. The molecule has 0 amide bonds. The number of hydrogen-bond acceptors (Lipinski definition) is 0. The summed E-state index contributed by atoms with van der Waals surface area (Å²) >= 11 is 0. The molecule has 0 aliphatic rings. The molecule has 0 aromatic heterocycles. The third-order valence-electron chi connectivity index (χ3n) is 6.67. The average Bonchev–Trinajstić information content (AvgIpc) is 3.60. The fraction of sp³-hybridized carbons (Fsp3) is 0.182. The van der Waals surface area contributed by atoms with E-state index in [1.807, 2.05) is 475 Å². The van der Waals surface area contributed by atoms with E-state index in [2.05, 4.69) is 0 Å². The second kappa shape index (κ2) is 261. The molecular weight excluding hydrogens is 2120 g/mol. The maximum atomic E-state index is 2.00. The molecule has 0 fully saturated rings. The number of rotatable bonds is 0. The van der Waals surface area contributed by atoms with E-state index in [1.165, 1.54) is 0 Å². The Morgan fingerprint density at radius 3 is 0.0800 bits per heavy atom. The average molecular weight is 2270 g/mol. The van der Waals surface area contributed by atoms with Crippen LogP contribution in [0.5, 0.6) is 0 Å². The molecule has 0 saturated carbocycles. The van der Waals surface area contributed by atoms with Crippen molar-refractivity contribution in [3.8, 4) is 0 Å². The zero-order valence-corrected chi connectivity index (χ0v) is 104. The van der Waals surface area contributed by atoms with Crippen LogP contribution in [0.3, 0.4) is 0 Å². The van der Waals surface area contributed by atoms with Crippen LogP contribution in [-0.2, 0) is 393 Å². The fourth-order valence-corrected chi connectivity index (χ4v) is 3.85. The van der Waals surface area contributed by atoms with E-state index in [-0.39, 0.29) is 482 Å². The predicted molar refractivity (Wildman–Crippen MR) is 432 cm³/mol. The minimum absolute atomic E-state index is 0. The van der Waals surface area contributed by atoms with Gasteiger partial charge >= 0.3 is 0 Å². The monoisotopic (exact) mass is 2270 g/mol. The first-order chi connectivity index (χ1) is 38.0. The first-order valence-electron chi connectivity index (χ1n) is 28.0. The molecule has 544 valence electrons. The Bertz CT molecular complexity index is 1300. The Kier molecular flexibility index (Phi) is 556. The van der Waals surface area contributed by atoms with E-state index in [0.717, 1.165) is 0 Å². The maximum Gasteiger partial charge on any atom is 0 e. The largest absolute Gasteiger partial charge is 0.358 e. The summed E-state index contributed by atoms with van der Waals surface area (Å²) in [4.78, 5) is 0. The molecule has 0 aliphatic heterocycles. The van der Waals surface area contributed by atoms with Crippen molar-refractivity contribution in [2.24, 2.45) is 0 Å². The summed E-state index contributed by atoms with van der Waals surface area (Å²) < 4.78 is 0. The van der Waals surface area contributed by atoms with Gasteiger partial charge < -0.3 is 89.1 Å². The van der Waals surface area contributed by atoms with Gasteiger partial charge in [-0.2, -0.15) is 0 Å². The van der Waals surface area contributed by atoms with Crippen molar-refractivity contribution in [2.75, 3.05) is 0 Å². The summed E-state index contributed by atoms with van der Waals surface area (Å²) in [6.45, 7) is 32.0. The topological polar surface area (TPSA) is 0 Å². The molecule has 12 radical (unpaired) electrons. The van der Waals surface area contributed by atoms with Gasteiger partial charge in [-0.15, -0.1) is 0 Å². The molecule has 0 spiro atoms. The molecule has 0 heterocycles. The molecular formula is C88H144Y12-12. The fourth-order valence-electron chi connectivity index (χ4n) is 3.85. The molecule has 0 saturated heterocycles. The minimum Gasteiger partial charge on any atom is -0.358 e. The molecule has 100 heavy (non-hydrogen) atoms. The van der Waals surface area contributed by atoms with Gasteiger partial charge in [0.25, 0.3) is 0 Å². The van der Waals surface area contributed by atoms with Crippen molar-refractivity contribution in [3.05, 3.63) is 453 Å². The molecule has 10 aromatic rings. The van der Waals surface area contributed by atoms with E-state index in [1.54, 1.807) is 0 Å². The molecule has 0 N–H and O–H groups in total. The SMILES string of the molecule is CC.CC.CC.CC.CC.CC.CC.CC.[CH3-].[CH3-].[CH3-].[CH3-].[CH3-].[CH3-].[CH3-].[CH3-].[CH3-].[CH3-].[CH3-].[CH3-].[Y].[Y].[Y].[Y].[Y].[Y].[Y].[Y].[Y].[Y].[Y].[Y].c1ccccc1.c1ccccc1.c1ccccc1.c1ccccc1.c1ccccc1.c1ccccc1.c1ccccc1.c1ccccc1.c1ccccc1.c1ccccc1. The van der Waals surface area contributed by atoms with Gasteiger partial charge in [0.1, 0.15) is 0 Å². The second-order valence-corrected chi connectivity index (χ2v) is 11.5. The van der Waals surface area contributed by atoms with E-state index in [9.17, 15) is 0 Å². The molecule has 10 rings (SSSR count). The van der Waals surface area contributed by atoms with E-state index >= 15 is 0 Å². The van der Waals surface area contributed by atoms with Crippen molar-refractivity contribution in [2.45, 2.75) is 111 Å². The van der Waals surface area contributed by atoms with Gasteiger partial charge in [-0.3, -0.25) is 0 Å². The van der Waals surface area contributed by atoms with Gasteiger partial charge in [-0.05, 0) is 0 Å². The van der Waals surface area contributed by atoms with Gasteiger partial charge in [-0.25, -0.2) is 0 Å². The van der Waals surface area contributed by atoms with Crippen LogP contribution in [0.1, 0.15) is 111 Å². The Hall–Kier alpha value is 5.45. The van der Waals surface area contributed by atoms with Crippen molar-refractivity contribution in [1.29, 1.82) is 0 Å². The van der Waals surface area contributed by atoms with Crippen LogP contribution in [0.2, 0.25) is 0 Å². The zero-order valence-electron chi connectivity index (χ0n) is 69.6. The van der Waals surface area contributed by atoms with Gasteiger partial charge in [0, 0.05) is 393 Å². The second-order valence-electron chi connectivity index (χ2n) is 11.5. The Morgan fingerprint density at radius 1 is 0.0600 bits per heavy atom. The third kappa shape index (κ3) is 253. The van der Waals surface area contributed by atoms with E-state index in [0.29, 0.717) is 0 Å². The van der Waals surface area contributed by atoms with Gasteiger partial charge in [-0.1, -0.05) is 475 Å². The maximum absolute atomic E-state index is 2.00. The van der Waals surface area contributed by atoms with Crippen molar-refractivity contribution >= 4 is 0 Å². The molecule has 12 heteroatoms. The van der Waals surface area contributed by atoms with Crippen molar-refractivity contribution in [1.82, 2.24) is 0 Å². The van der Waals surface area contributed by atoms with Crippen LogP contribution in [0, 0.1) is 89.1 Å². The Balaban J connectivity index is -0.0000000163. The van der Waals surface area contributed by atoms with Crippen LogP contribution in [0.4, 0.5) is 0 Å². The summed E-state index contributed by atoms with van der Waals surface area (Å²) in [6, 6.07) is 120. The van der Waals surface area contributed by atoms with Crippen LogP contribution in [0.15, 0.2) is 364 Å². The van der Waals surface area contributed by atoms with Gasteiger partial charge in [0.05, 0.1) is 0 Å². The van der Waals surface area contributed by atoms with E-state index < -0.39 is 0 Å². The molecule has 0 bridgehead atoms. The van der Waals surface area contributed by atoms with Gasteiger partial charge in [0.15, 0.2) is 0 Å². The molecule has 0 atom stereocenters. The summed E-state index contributed by atoms with van der Waals surface area (Å²) in [7, 11) is 0. The summed E-state index contributed by atoms with van der Waals surface area (Å²) in [6.07, 6.45) is 0. The van der Waals surface area contributed by atoms with Gasteiger partial charge in [0.2, 0.25) is 0 Å². The van der Waals surface area contributed by atoms with Crippen LogP contribution in [-0.4, -0.2) is 0 Å². The molecule has 10 aromatic carbocycles.